The van der Waals surface area contributed by atoms with E-state index in [2.05, 4.69) is 15.7 Å². The maximum Gasteiger partial charge on any atom is 0.255 e. The van der Waals surface area contributed by atoms with E-state index in [1.165, 1.54) is 6.92 Å². The fraction of sp³-hybridized carbons (Fsp3) is 0.190. The molecule has 28 heavy (non-hydrogen) atoms. The number of para-hydroxylation sites is 2. The van der Waals surface area contributed by atoms with Crippen molar-refractivity contribution >= 4 is 11.8 Å². The average molecular weight is 378 g/mol. The summed E-state index contributed by atoms with van der Waals surface area (Å²) in [5.74, 6) is 0.224. The predicted octanol–water partition coefficient (Wildman–Crippen LogP) is 2.41. The summed E-state index contributed by atoms with van der Waals surface area (Å²) in [7, 11) is 1.58. The van der Waals surface area contributed by atoms with E-state index in [0.717, 1.165) is 11.3 Å². The highest BCUT2D eigenvalue weighted by molar-refractivity contribution is 6.00. The molecule has 0 aliphatic heterocycles. The Morgan fingerprint density at radius 2 is 1.68 bits per heavy atom. The van der Waals surface area contributed by atoms with Gasteiger partial charge in [0, 0.05) is 31.8 Å². The third-order valence-electron chi connectivity index (χ3n) is 4.13. The number of nitrogens with zero attached hydrogens (tertiary/aromatic N) is 2. The van der Waals surface area contributed by atoms with Gasteiger partial charge in [0.25, 0.3) is 5.91 Å². The van der Waals surface area contributed by atoms with Crippen molar-refractivity contribution in [1.29, 1.82) is 0 Å². The summed E-state index contributed by atoms with van der Waals surface area (Å²) in [5, 5.41) is 10.1. The largest absolute Gasteiger partial charge is 0.496 e. The Bertz CT molecular complexity index is 967. The summed E-state index contributed by atoms with van der Waals surface area (Å²) in [6, 6.07) is 17.0. The summed E-state index contributed by atoms with van der Waals surface area (Å²) < 4.78 is 7.12. The lowest BCUT2D eigenvalue weighted by atomic mass is 10.1. The Morgan fingerprint density at radius 1 is 1.00 bits per heavy atom. The lowest BCUT2D eigenvalue weighted by Crippen LogP contribution is -2.33. The van der Waals surface area contributed by atoms with Crippen LogP contribution >= 0.6 is 0 Å². The summed E-state index contributed by atoms with van der Waals surface area (Å²) in [6.07, 6.45) is 1.70. The van der Waals surface area contributed by atoms with Crippen molar-refractivity contribution in [2.24, 2.45) is 0 Å². The van der Waals surface area contributed by atoms with Crippen molar-refractivity contribution in [1.82, 2.24) is 20.4 Å². The van der Waals surface area contributed by atoms with Crippen LogP contribution in [0.1, 0.15) is 17.3 Å². The molecule has 0 bridgehead atoms. The zero-order chi connectivity index (χ0) is 19.9. The van der Waals surface area contributed by atoms with Crippen molar-refractivity contribution in [3.63, 3.8) is 0 Å². The maximum absolute atomic E-state index is 12.8. The number of rotatable bonds is 7. The standard InChI is InChI=1S/C21H22N4O3/c1-15(26)22-12-13-23-21(27)18-14-25(16-8-4-3-5-9-16)24-20(18)17-10-6-7-11-19(17)28-2/h3-11,14H,12-13H2,1-2H3,(H,22,26)(H,23,27). The Kier molecular flexibility index (Phi) is 6.06. The molecule has 1 heterocycles. The number of carbonyl (C=O) groups excluding carboxylic acids is 2. The highest BCUT2D eigenvalue weighted by Crippen LogP contribution is 2.31. The van der Waals surface area contributed by atoms with Crippen molar-refractivity contribution in [3.05, 3.63) is 66.4 Å². The SMILES string of the molecule is COc1ccccc1-c1nn(-c2ccccc2)cc1C(=O)NCCNC(C)=O. The third kappa shape index (κ3) is 4.37. The van der Waals surface area contributed by atoms with Gasteiger partial charge in [-0.05, 0) is 24.3 Å². The summed E-state index contributed by atoms with van der Waals surface area (Å²) in [6.45, 7) is 2.11. The lowest BCUT2D eigenvalue weighted by molar-refractivity contribution is -0.118. The van der Waals surface area contributed by atoms with Crippen LogP contribution in [0.25, 0.3) is 16.9 Å². The van der Waals surface area contributed by atoms with Crippen LogP contribution < -0.4 is 15.4 Å². The van der Waals surface area contributed by atoms with E-state index >= 15 is 0 Å². The first kappa shape index (κ1) is 19.2. The number of methoxy groups -OCH3 is 1. The van der Waals surface area contributed by atoms with Gasteiger partial charge < -0.3 is 15.4 Å². The molecule has 0 saturated carbocycles. The monoisotopic (exact) mass is 378 g/mol. The molecular weight excluding hydrogens is 356 g/mol. The first-order valence-corrected chi connectivity index (χ1v) is 8.91. The van der Waals surface area contributed by atoms with Crippen LogP contribution in [-0.4, -0.2) is 41.8 Å². The minimum Gasteiger partial charge on any atom is -0.496 e. The van der Waals surface area contributed by atoms with E-state index in [0.29, 0.717) is 30.1 Å². The Balaban J connectivity index is 1.96. The first-order valence-electron chi connectivity index (χ1n) is 8.91. The van der Waals surface area contributed by atoms with Gasteiger partial charge in [-0.15, -0.1) is 0 Å². The van der Waals surface area contributed by atoms with Crippen LogP contribution in [-0.2, 0) is 4.79 Å². The molecule has 1 aromatic heterocycles. The number of nitrogens with one attached hydrogen (secondary N) is 2. The molecule has 7 heteroatoms. The van der Waals surface area contributed by atoms with Gasteiger partial charge in [0.05, 0.1) is 18.4 Å². The van der Waals surface area contributed by atoms with Crippen LogP contribution in [0.15, 0.2) is 60.8 Å². The molecule has 2 N–H and O–H groups in total. The molecule has 3 aromatic rings. The van der Waals surface area contributed by atoms with Gasteiger partial charge in [-0.1, -0.05) is 30.3 Å². The van der Waals surface area contributed by atoms with Crippen molar-refractivity contribution < 1.29 is 14.3 Å². The van der Waals surface area contributed by atoms with Crippen LogP contribution in [0.5, 0.6) is 5.75 Å². The van der Waals surface area contributed by atoms with E-state index < -0.39 is 0 Å². The Morgan fingerprint density at radius 3 is 2.39 bits per heavy atom. The van der Waals surface area contributed by atoms with Gasteiger partial charge in [0.2, 0.25) is 5.91 Å². The first-order chi connectivity index (χ1) is 13.6. The number of ether oxygens (including phenoxy) is 1. The molecule has 0 saturated heterocycles. The fourth-order valence-electron chi connectivity index (χ4n) is 2.80. The molecule has 0 fully saturated rings. The van der Waals surface area contributed by atoms with E-state index in [4.69, 9.17) is 4.74 Å². The van der Waals surface area contributed by atoms with Gasteiger partial charge in [-0.25, -0.2) is 4.68 Å². The number of hydrogen-bond donors (Lipinski definition) is 2. The van der Waals surface area contributed by atoms with Crippen molar-refractivity contribution in [3.8, 4) is 22.7 Å². The zero-order valence-electron chi connectivity index (χ0n) is 15.8. The molecular formula is C21H22N4O3. The number of amides is 2. The predicted molar refractivity (Wildman–Crippen MR) is 107 cm³/mol. The fourth-order valence-corrected chi connectivity index (χ4v) is 2.80. The minimum atomic E-state index is -0.270. The van der Waals surface area contributed by atoms with Gasteiger partial charge >= 0.3 is 0 Å². The second-order valence-electron chi connectivity index (χ2n) is 6.11. The molecule has 7 nitrogen and oxygen atoms in total. The average Bonchev–Trinajstić information content (AvgIpc) is 3.17. The van der Waals surface area contributed by atoms with E-state index in [-0.39, 0.29) is 11.8 Å². The third-order valence-corrected chi connectivity index (χ3v) is 4.13. The topological polar surface area (TPSA) is 85.2 Å². The molecule has 0 radical (unpaired) electrons. The Labute approximate surface area is 163 Å². The van der Waals surface area contributed by atoms with E-state index in [9.17, 15) is 9.59 Å². The normalized spacial score (nSPS) is 10.4. The summed E-state index contributed by atoms with van der Waals surface area (Å²) >= 11 is 0. The molecule has 0 atom stereocenters. The van der Waals surface area contributed by atoms with Gasteiger partial charge in [-0.3, -0.25) is 9.59 Å². The summed E-state index contributed by atoms with van der Waals surface area (Å²) in [4.78, 5) is 23.8. The van der Waals surface area contributed by atoms with Crippen LogP contribution in [0, 0.1) is 0 Å². The Hall–Kier alpha value is -3.61. The number of carbonyl (C=O) groups is 2. The second kappa shape index (κ2) is 8.85. The minimum absolute atomic E-state index is 0.138. The maximum atomic E-state index is 12.8. The van der Waals surface area contributed by atoms with E-state index in [1.54, 1.807) is 18.0 Å². The van der Waals surface area contributed by atoms with Gasteiger partial charge in [0.15, 0.2) is 0 Å². The molecule has 0 spiro atoms. The zero-order valence-corrected chi connectivity index (χ0v) is 15.8. The molecule has 3 rings (SSSR count). The van der Waals surface area contributed by atoms with Gasteiger partial charge in [-0.2, -0.15) is 5.10 Å². The lowest BCUT2D eigenvalue weighted by Gasteiger charge is -2.08. The molecule has 2 aromatic carbocycles. The highest BCUT2D eigenvalue weighted by atomic mass is 16.5. The van der Waals surface area contributed by atoms with Gasteiger partial charge in [0.1, 0.15) is 11.4 Å². The number of benzene rings is 2. The van der Waals surface area contributed by atoms with E-state index in [1.807, 2.05) is 54.6 Å². The van der Waals surface area contributed by atoms with Crippen molar-refractivity contribution in [2.75, 3.05) is 20.2 Å². The highest BCUT2D eigenvalue weighted by Gasteiger charge is 2.20. The van der Waals surface area contributed by atoms with Crippen molar-refractivity contribution in [2.45, 2.75) is 6.92 Å². The smallest absolute Gasteiger partial charge is 0.255 e. The molecule has 0 aliphatic carbocycles. The summed E-state index contributed by atoms with van der Waals surface area (Å²) in [5.41, 5.74) is 2.53. The second-order valence-corrected chi connectivity index (χ2v) is 6.11. The number of aromatic nitrogens is 2. The van der Waals surface area contributed by atoms with Crippen LogP contribution in [0.3, 0.4) is 0 Å². The van der Waals surface area contributed by atoms with Crippen LogP contribution in [0.2, 0.25) is 0 Å². The molecule has 0 aliphatic rings. The van der Waals surface area contributed by atoms with Crippen LogP contribution in [0.4, 0.5) is 0 Å². The number of hydrogen-bond acceptors (Lipinski definition) is 4. The molecule has 0 unspecified atom stereocenters. The quantitative estimate of drug-likeness (QED) is 0.619. The molecule has 144 valence electrons. The molecule has 2 amide bonds.